The van der Waals surface area contributed by atoms with Gasteiger partial charge in [-0.05, 0) is 25.0 Å². The highest BCUT2D eigenvalue weighted by Gasteiger charge is 2.19. The molecule has 0 bridgehead atoms. The van der Waals surface area contributed by atoms with Gasteiger partial charge in [0, 0.05) is 19.0 Å². The zero-order chi connectivity index (χ0) is 17.9. The summed E-state index contributed by atoms with van der Waals surface area (Å²) in [7, 11) is 0. The summed E-state index contributed by atoms with van der Waals surface area (Å²) < 4.78 is 8.62. The summed E-state index contributed by atoms with van der Waals surface area (Å²) in [5.74, 6) is 0.150. The van der Waals surface area contributed by atoms with Gasteiger partial charge in [0.2, 0.25) is 5.91 Å². The van der Waals surface area contributed by atoms with Crippen LogP contribution in [0.1, 0.15) is 44.6 Å². The Morgan fingerprint density at radius 1 is 1.19 bits per heavy atom. The molecule has 0 spiro atoms. The lowest BCUT2D eigenvalue weighted by Crippen LogP contribution is -2.22. The standard InChI is InChI=1S/C19H22N4O3/c24-18(11-13-22-15-8-4-5-9-16(15)26-19(22)25)21-17-10-12-20-23(17)14-6-2-1-3-7-14/h4-5,8-10,12,14H,1-3,6-7,11,13H2,(H,21,24). The minimum atomic E-state index is -0.439. The SMILES string of the molecule is O=C(CCn1c(=O)oc2ccccc21)Nc1ccnn1C1CCCCC1. The van der Waals surface area contributed by atoms with Gasteiger partial charge in [-0.2, -0.15) is 5.10 Å². The summed E-state index contributed by atoms with van der Waals surface area (Å²) in [5, 5.41) is 7.32. The second-order valence-corrected chi connectivity index (χ2v) is 6.74. The van der Waals surface area contributed by atoms with E-state index in [-0.39, 0.29) is 18.9 Å². The number of fused-ring (bicyclic) bond motifs is 1. The number of carbonyl (C=O) groups is 1. The Bertz CT molecular complexity index is 962. The number of aryl methyl sites for hydroxylation is 1. The molecule has 26 heavy (non-hydrogen) atoms. The number of anilines is 1. The number of amides is 1. The molecule has 2 heterocycles. The van der Waals surface area contributed by atoms with Gasteiger partial charge in [0.05, 0.1) is 17.8 Å². The van der Waals surface area contributed by atoms with Gasteiger partial charge in [-0.15, -0.1) is 0 Å². The van der Waals surface area contributed by atoms with Gasteiger partial charge in [-0.1, -0.05) is 31.4 Å². The lowest BCUT2D eigenvalue weighted by molar-refractivity contribution is -0.116. The van der Waals surface area contributed by atoms with Crippen LogP contribution in [0.4, 0.5) is 5.82 Å². The Morgan fingerprint density at radius 2 is 2.00 bits per heavy atom. The molecule has 1 saturated carbocycles. The third-order valence-electron chi connectivity index (χ3n) is 4.99. The number of nitrogens with one attached hydrogen (secondary N) is 1. The Balaban J connectivity index is 1.42. The number of benzene rings is 1. The second-order valence-electron chi connectivity index (χ2n) is 6.74. The molecule has 1 N–H and O–H groups in total. The van der Waals surface area contributed by atoms with E-state index in [0.29, 0.717) is 17.1 Å². The molecule has 0 atom stereocenters. The van der Waals surface area contributed by atoms with Crippen molar-refractivity contribution in [2.24, 2.45) is 0 Å². The van der Waals surface area contributed by atoms with Gasteiger partial charge < -0.3 is 9.73 Å². The van der Waals surface area contributed by atoms with Crippen LogP contribution in [0.2, 0.25) is 0 Å². The van der Waals surface area contributed by atoms with Gasteiger partial charge in [-0.25, -0.2) is 9.48 Å². The van der Waals surface area contributed by atoms with Crippen molar-refractivity contribution in [1.29, 1.82) is 0 Å². The van der Waals surface area contributed by atoms with E-state index in [2.05, 4.69) is 10.4 Å². The monoisotopic (exact) mass is 354 g/mol. The lowest BCUT2D eigenvalue weighted by atomic mass is 9.96. The highest BCUT2D eigenvalue weighted by molar-refractivity contribution is 5.89. The fourth-order valence-electron chi connectivity index (χ4n) is 3.67. The minimum Gasteiger partial charge on any atom is -0.408 e. The van der Waals surface area contributed by atoms with Gasteiger partial charge >= 0.3 is 5.76 Å². The maximum Gasteiger partial charge on any atom is 0.419 e. The maximum atomic E-state index is 12.4. The first-order chi connectivity index (χ1) is 12.7. The fraction of sp³-hybridized carbons (Fsp3) is 0.421. The first-order valence-electron chi connectivity index (χ1n) is 9.14. The van der Waals surface area contributed by atoms with E-state index < -0.39 is 5.76 Å². The lowest BCUT2D eigenvalue weighted by Gasteiger charge is -2.23. The van der Waals surface area contributed by atoms with Crippen molar-refractivity contribution >= 4 is 22.8 Å². The summed E-state index contributed by atoms with van der Waals surface area (Å²) >= 11 is 0. The second kappa shape index (κ2) is 7.19. The van der Waals surface area contributed by atoms with Gasteiger partial charge in [0.1, 0.15) is 5.82 Å². The summed E-state index contributed by atoms with van der Waals surface area (Å²) in [6.45, 7) is 0.277. The van der Waals surface area contributed by atoms with Crippen molar-refractivity contribution in [2.75, 3.05) is 5.32 Å². The molecule has 7 heteroatoms. The fourth-order valence-corrected chi connectivity index (χ4v) is 3.67. The number of oxazole rings is 1. The van der Waals surface area contributed by atoms with E-state index >= 15 is 0 Å². The van der Waals surface area contributed by atoms with Crippen molar-refractivity contribution in [3.8, 4) is 0 Å². The molecule has 0 unspecified atom stereocenters. The average Bonchev–Trinajstić information content (AvgIpc) is 3.24. The average molecular weight is 354 g/mol. The minimum absolute atomic E-state index is 0.139. The third kappa shape index (κ3) is 3.29. The molecule has 1 aliphatic rings. The molecule has 1 aromatic carbocycles. The highest BCUT2D eigenvalue weighted by Crippen LogP contribution is 2.29. The highest BCUT2D eigenvalue weighted by atomic mass is 16.4. The summed E-state index contributed by atoms with van der Waals surface area (Å²) in [4.78, 5) is 24.4. The van der Waals surface area contributed by atoms with Crippen molar-refractivity contribution in [2.45, 2.75) is 51.1 Å². The zero-order valence-electron chi connectivity index (χ0n) is 14.6. The molecule has 4 rings (SSSR count). The number of hydrogen-bond acceptors (Lipinski definition) is 4. The van der Waals surface area contributed by atoms with Crippen LogP contribution < -0.4 is 11.1 Å². The van der Waals surface area contributed by atoms with Crippen LogP contribution in [0, 0.1) is 0 Å². The molecule has 1 amide bonds. The van der Waals surface area contributed by atoms with Crippen LogP contribution in [0.25, 0.3) is 11.1 Å². The first-order valence-corrected chi connectivity index (χ1v) is 9.14. The van der Waals surface area contributed by atoms with E-state index in [0.717, 1.165) is 18.7 Å². The van der Waals surface area contributed by atoms with E-state index in [1.54, 1.807) is 12.3 Å². The van der Waals surface area contributed by atoms with E-state index in [4.69, 9.17) is 4.42 Å². The zero-order valence-corrected chi connectivity index (χ0v) is 14.6. The number of nitrogens with zero attached hydrogens (tertiary/aromatic N) is 3. The predicted molar refractivity (Wildman–Crippen MR) is 98.1 cm³/mol. The summed E-state index contributed by atoms with van der Waals surface area (Å²) in [6.07, 6.45) is 7.79. The van der Waals surface area contributed by atoms with Crippen molar-refractivity contribution in [3.05, 3.63) is 47.1 Å². The topological polar surface area (TPSA) is 82.1 Å². The molecule has 3 aromatic rings. The summed E-state index contributed by atoms with van der Waals surface area (Å²) in [5.41, 5.74) is 1.24. The number of rotatable bonds is 5. The Hall–Kier alpha value is -2.83. The third-order valence-corrected chi connectivity index (χ3v) is 4.99. The van der Waals surface area contributed by atoms with Crippen LogP contribution >= 0.6 is 0 Å². The van der Waals surface area contributed by atoms with Crippen molar-refractivity contribution in [1.82, 2.24) is 14.3 Å². The number of hydrogen-bond donors (Lipinski definition) is 1. The molecule has 1 aliphatic carbocycles. The van der Waals surface area contributed by atoms with Gasteiger partial charge in [0.25, 0.3) is 0 Å². The van der Waals surface area contributed by atoms with E-state index in [1.165, 1.54) is 23.8 Å². The number of carbonyl (C=O) groups excluding carboxylic acids is 1. The van der Waals surface area contributed by atoms with Crippen LogP contribution in [0.5, 0.6) is 0 Å². The van der Waals surface area contributed by atoms with Crippen LogP contribution in [0.15, 0.2) is 45.7 Å². The smallest absolute Gasteiger partial charge is 0.408 e. The molecule has 1 fully saturated rings. The van der Waals surface area contributed by atoms with Gasteiger partial charge in [0.15, 0.2) is 5.58 Å². The van der Waals surface area contributed by atoms with Crippen LogP contribution in [0.3, 0.4) is 0 Å². The predicted octanol–water partition coefficient (Wildman–Crippen LogP) is 3.33. The van der Waals surface area contributed by atoms with E-state index in [1.807, 2.05) is 28.9 Å². The number of para-hydroxylation sites is 2. The largest absolute Gasteiger partial charge is 0.419 e. The van der Waals surface area contributed by atoms with Crippen LogP contribution in [-0.4, -0.2) is 20.3 Å². The molecular weight excluding hydrogens is 332 g/mol. The Kier molecular flexibility index (Phi) is 4.60. The maximum absolute atomic E-state index is 12.4. The molecule has 2 aromatic heterocycles. The molecule has 0 radical (unpaired) electrons. The quantitative estimate of drug-likeness (QED) is 0.762. The number of aromatic nitrogens is 3. The van der Waals surface area contributed by atoms with Crippen molar-refractivity contribution < 1.29 is 9.21 Å². The molecule has 0 aliphatic heterocycles. The molecule has 136 valence electrons. The Morgan fingerprint density at radius 3 is 2.85 bits per heavy atom. The molecule has 7 nitrogen and oxygen atoms in total. The summed E-state index contributed by atoms with van der Waals surface area (Å²) in [6, 6.07) is 9.40. The normalized spacial score (nSPS) is 15.4. The van der Waals surface area contributed by atoms with Crippen molar-refractivity contribution in [3.63, 3.8) is 0 Å². The molecular formula is C19H22N4O3. The van der Waals surface area contributed by atoms with Gasteiger partial charge in [-0.3, -0.25) is 9.36 Å². The molecule has 0 saturated heterocycles. The first kappa shape index (κ1) is 16.6. The Labute approximate surface area is 150 Å². The van der Waals surface area contributed by atoms with Crippen LogP contribution in [-0.2, 0) is 11.3 Å². The van der Waals surface area contributed by atoms with E-state index in [9.17, 15) is 9.59 Å².